The van der Waals surface area contributed by atoms with Gasteiger partial charge in [0.15, 0.2) is 5.75 Å². The standard InChI is InChI=1S/C27H27Cl2N3O4/c28-25-16-19(18-30-31-22-8-10-23(11-9-22)32(33)34)17-26(29)27(25)36-15-14-35-24-12-6-21(7-13-24)20-4-2-1-3-5-20/h6-13,16-18,20,31H,1-5,14-15H2/b30-18-. The maximum Gasteiger partial charge on any atom is 0.269 e. The lowest BCUT2D eigenvalue weighted by Crippen LogP contribution is -2.10. The van der Waals surface area contributed by atoms with Crippen LogP contribution in [0, 0.1) is 10.1 Å². The molecule has 3 aromatic rings. The number of rotatable bonds is 10. The van der Waals surface area contributed by atoms with Crippen molar-refractivity contribution in [3.63, 3.8) is 0 Å². The molecule has 0 heterocycles. The average Bonchev–Trinajstić information content (AvgIpc) is 2.89. The van der Waals surface area contributed by atoms with Crippen molar-refractivity contribution in [3.05, 3.63) is 92.0 Å². The first-order valence-electron chi connectivity index (χ1n) is 11.9. The van der Waals surface area contributed by atoms with Gasteiger partial charge in [-0.25, -0.2) is 0 Å². The van der Waals surface area contributed by atoms with Crippen LogP contribution in [0.1, 0.15) is 49.1 Å². The molecule has 1 saturated carbocycles. The minimum Gasteiger partial charge on any atom is -0.490 e. The number of anilines is 1. The summed E-state index contributed by atoms with van der Waals surface area (Å²) in [4.78, 5) is 10.3. The van der Waals surface area contributed by atoms with Crippen LogP contribution in [0.4, 0.5) is 11.4 Å². The third-order valence-corrected chi connectivity index (χ3v) is 6.62. The molecule has 9 heteroatoms. The van der Waals surface area contributed by atoms with Gasteiger partial charge in [0, 0.05) is 12.1 Å². The van der Waals surface area contributed by atoms with Crippen LogP contribution in [0.3, 0.4) is 0 Å². The Hall–Kier alpha value is -3.29. The van der Waals surface area contributed by atoms with Crippen LogP contribution in [0.25, 0.3) is 0 Å². The van der Waals surface area contributed by atoms with Crippen LogP contribution in [0.15, 0.2) is 65.8 Å². The second kappa shape index (κ2) is 12.6. The number of halogens is 2. The van der Waals surface area contributed by atoms with E-state index in [0.717, 1.165) is 5.75 Å². The summed E-state index contributed by atoms with van der Waals surface area (Å²) in [6, 6.07) is 17.7. The molecule has 4 rings (SSSR count). The van der Waals surface area contributed by atoms with Gasteiger partial charge in [-0.3, -0.25) is 15.5 Å². The zero-order valence-electron chi connectivity index (χ0n) is 19.7. The first kappa shape index (κ1) is 25.8. The normalized spacial score (nSPS) is 14.1. The van der Waals surface area contributed by atoms with Crippen molar-refractivity contribution in [3.8, 4) is 11.5 Å². The molecule has 0 aromatic heterocycles. The van der Waals surface area contributed by atoms with E-state index in [4.69, 9.17) is 32.7 Å². The van der Waals surface area contributed by atoms with Crippen LogP contribution in [0.2, 0.25) is 10.0 Å². The predicted octanol–water partition coefficient (Wildman–Crippen LogP) is 7.85. The van der Waals surface area contributed by atoms with Crippen LogP contribution >= 0.6 is 23.2 Å². The van der Waals surface area contributed by atoms with Gasteiger partial charge in [-0.2, -0.15) is 5.10 Å². The molecule has 0 radical (unpaired) electrons. The number of non-ortho nitro benzene ring substituents is 1. The molecule has 1 aliphatic carbocycles. The maximum atomic E-state index is 10.7. The van der Waals surface area contributed by atoms with E-state index in [2.05, 4.69) is 22.7 Å². The van der Waals surface area contributed by atoms with Crippen molar-refractivity contribution in [1.29, 1.82) is 0 Å². The third-order valence-electron chi connectivity index (χ3n) is 6.06. The number of benzene rings is 3. The number of hydrogen-bond donors (Lipinski definition) is 1. The predicted molar refractivity (Wildman–Crippen MR) is 144 cm³/mol. The quantitative estimate of drug-likeness (QED) is 0.125. The molecule has 0 saturated heterocycles. The topological polar surface area (TPSA) is 86.0 Å². The summed E-state index contributed by atoms with van der Waals surface area (Å²) in [5.74, 6) is 1.86. The van der Waals surface area contributed by atoms with E-state index in [1.165, 1.54) is 49.8 Å². The van der Waals surface area contributed by atoms with Crippen molar-refractivity contribution in [2.75, 3.05) is 18.6 Å². The first-order valence-corrected chi connectivity index (χ1v) is 12.6. The van der Waals surface area contributed by atoms with Gasteiger partial charge in [0.25, 0.3) is 5.69 Å². The second-order valence-electron chi connectivity index (χ2n) is 8.59. The molecule has 1 fully saturated rings. The van der Waals surface area contributed by atoms with E-state index in [1.807, 2.05) is 12.1 Å². The largest absolute Gasteiger partial charge is 0.490 e. The van der Waals surface area contributed by atoms with Gasteiger partial charge >= 0.3 is 0 Å². The monoisotopic (exact) mass is 527 g/mol. The highest BCUT2D eigenvalue weighted by Crippen LogP contribution is 2.35. The van der Waals surface area contributed by atoms with E-state index in [9.17, 15) is 10.1 Å². The van der Waals surface area contributed by atoms with Gasteiger partial charge in [-0.05, 0) is 66.3 Å². The Bertz CT molecular complexity index is 1170. The fourth-order valence-corrected chi connectivity index (χ4v) is 4.82. The molecule has 0 amide bonds. The maximum absolute atomic E-state index is 10.7. The van der Waals surface area contributed by atoms with E-state index < -0.39 is 4.92 Å². The molecule has 3 aromatic carbocycles. The van der Waals surface area contributed by atoms with E-state index in [0.29, 0.717) is 46.2 Å². The third kappa shape index (κ3) is 7.12. The Morgan fingerprint density at radius 3 is 2.22 bits per heavy atom. The highest BCUT2D eigenvalue weighted by molar-refractivity contribution is 6.37. The fourth-order valence-electron chi connectivity index (χ4n) is 4.21. The molecule has 0 unspecified atom stereocenters. The number of ether oxygens (including phenoxy) is 2. The summed E-state index contributed by atoms with van der Waals surface area (Å²) in [6.07, 6.45) is 8.08. The number of nitrogens with one attached hydrogen (secondary N) is 1. The van der Waals surface area contributed by atoms with Crippen LogP contribution < -0.4 is 14.9 Å². The number of hydrogen-bond acceptors (Lipinski definition) is 6. The lowest BCUT2D eigenvalue weighted by atomic mass is 9.84. The van der Waals surface area contributed by atoms with Crippen molar-refractivity contribution in [2.45, 2.75) is 38.0 Å². The summed E-state index contributed by atoms with van der Waals surface area (Å²) in [5.41, 5.74) is 5.48. The Morgan fingerprint density at radius 1 is 0.944 bits per heavy atom. The van der Waals surface area contributed by atoms with Crippen molar-refractivity contribution < 1.29 is 14.4 Å². The Kier molecular flexibility index (Phi) is 9.03. The van der Waals surface area contributed by atoms with Crippen LogP contribution in [0.5, 0.6) is 11.5 Å². The van der Waals surface area contributed by atoms with E-state index >= 15 is 0 Å². The Labute approximate surface area is 220 Å². The van der Waals surface area contributed by atoms with Gasteiger partial charge in [0.1, 0.15) is 19.0 Å². The Morgan fingerprint density at radius 2 is 1.58 bits per heavy atom. The lowest BCUT2D eigenvalue weighted by molar-refractivity contribution is -0.384. The molecular formula is C27H27Cl2N3O4. The van der Waals surface area contributed by atoms with Gasteiger partial charge in [-0.1, -0.05) is 54.6 Å². The van der Waals surface area contributed by atoms with Gasteiger partial charge in [0.2, 0.25) is 0 Å². The van der Waals surface area contributed by atoms with Gasteiger partial charge in [-0.15, -0.1) is 0 Å². The number of nitro benzene ring substituents is 1. The summed E-state index contributed by atoms with van der Waals surface area (Å²) in [7, 11) is 0. The van der Waals surface area contributed by atoms with Crippen molar-refractivity contribution >= 4 is 40.8 Å². The Balaban J connectivity index is 1.25. The molecule has 1 aliphatic rings. The second-order valence-corrected chi connectivity index (χ2v) is 9.40. The molecule has 1 N–H and O–H groups in total. The van der Waals surface area contributed by atoms with Crippen LogP contribution in [-0.2, 0) is 0 Å². The zero-order chi connectivity index (χ0) is 25.3. The molecule has 0 spiro atoms. The smallest absolute Gasteiger partial charge is 0.269 e. The van der Waals surface area contributed by atoms with Crippen LogP contribution in [-0.4, -0.2) is 24.4 Å². The minimum atomic E-state index is -0.457. The first-order chi connectivity index (χ1) is 17.5. The van der Waals surface area contributed by atoms with E-state index in [-0.39, 0.29) is 5.69 Å². The fraction of sp³-hybridized carbons (Fsp3) is 0.296. The van der Waals surface area contributed by atoms with Gasteiger partial charge in [0.05, 0.1) is 26.9 Å². The SMILES string of the molecule is O=[N+]([O-])c1ccc(N/N=C\c2cc(Cl)c(OCCOc3ccc(C4CCCCC4)cc3)c(Cl)c2)cc1. The highest BCUT2D eigenvalue weighted by atomic mass is 35.5. The summed E-state index contributed by atoms with van der Waals surface area (Å²) in [6.45, 7) is 0.650. The van der Waals surface area contributed by atoms with E-state index in [1.54, 1.807) is 30.5 Å². The molecule has 188 valence electrons. The number of hydrazone groups is 1. The summed E-state index contributed by atoms with van der Waals surface area (Å²) < 4.78 is 11.6. The number of nitro groups is 1. The molecule has 7 nitrogen and oxygen atoms in total. The lowest BCUT2D eigenvalue weighted by Gasteiger charge is -2.22. The average molecular weight is 528 g/mol. The van der Waals surface area contributed by atoms with Crippen molar-refractivity contribution in [1.82, 2.24) is 0 Å². The zero-order valence-corrected chi connectivity index (χ0v) is 21.2. The highest BCUT2D eigenvalue weighted by Gasteiger charge is 2.15. The molecule has 36 heavy (non-hydrogen) atoms. The number of nitrogens with zero attached hydrogens (tertiary/aromatic N) is 2. The molecular weight excluding hydrogens is 501 g/mol. The molecule has 0 aliphatic heterocycles. The molecule has 0 bridgehead atoms. The minimum absolute atomic E-state index is 0.0108. The summed E-state index contributed by atoms with van der Waals surface area (Å²) >= 11 is 12.7. The summed E-state index contributed by atoms with van der Waals surface area (Å²) in [5, 5.41) is 15.6. The van der Waals surface area contributed by atoms with Crippen molar-refractivity contribution in [2.24, 2.45) is 5.10 Å². The molecule has 0 atom stereocenters. The van der Waals surface area contributed by atoms with Gasteiger partial charge < -0.3 is 9.47 Å².